The van der Waals surface area contributed by atoms with Gasteiger partial charge in [0.1, 0.15) is 0 Å². The van der Waals surface area contributed by atoms with Crippen LogP contribution >= 0.6 is 0 Å². The van der Waals surface area contributed by atoms with Gasteiger partial charge in [-0.25, -0.2) is 4.79 Å². The topological polar surface area (TPSA) is 46.5 Å². The van der Waals surface area contributed by atoms with Gasteiger partial charge in [0.05, 0.1) is 12.7 Å². The Morgan fingerprint density at radius 3 is 2.36 bits per heavy atom. The first-order valence-corrected chi connectivity index (χ1v) is 17.0. The number of fused-ring (bicyclic) bond motifs is 7. The molecule has 0 heterocycles. The van der Waals surface area contributed by atoms with Crippen molar-refractivity contribution in [2.75, 3.05) is 6.61 Å². The van der Waals surface area contributed by atoms with E-state index >= 15 is 0 Å². The van der Waals surface area contributed by atoms with Gasteiger partial charge in [-0.15, -0.1) is 0 Å². The fourth-order valence-electron chi connectivity index (χ4n) is 12.5. The Bertz CT molecular complexity index is 1230. The molecule has 0 saturated heterocycles. The molecule has 10 atom stereocenters. The minimum atomic E-state index is -0.219. The minimum Gasteiger partial charge on any atom is -0.462 e. The fourth-order valence-corrected chi connectivity index (χ4v) is 12.5. The van der Waals surface area contributed by atoms with Crippen molar-refractivity contribution in [2.45, 2.75) is 112 Å². The van der Waals surface area contributed by atoms with Gasteiger partial charge in [0.2, 0.25) is 0 Å². The van der Waals surface area contributed by atoms with Crippen LogP contribution in [-0.4, -0.2) is 23.8 Å². The number of carbonyl (C=O) groups is 1. The first-order chi connectivity index (χ1) is 19.8. The van der Waals surface area contributed by atoms with Crippen LogP contribution in [0, 0.1) is 56.7 Å². The van der Waals surface area contributed by atoms with Gasteiger partial charge in [-0.05, 0) is 134 Å². The molecule has 0 aliphatic heterocycles. The molecule has 1 aromatic rings. The number of aliphatic hydroxyl groups excluding tert-OH is 1. The molecule has 0 amide bonds. The fraction of sp³-hybridized carbons (Fsp3) is 0.718. The molecule has 1 aromatic carbocycles. The second-order valence-electron chi connectivity index (χ2n) is 16.8. The second-order valence-corrected chi connectivity index (χ2v) is 16.8. The van der Waals surface area contributed by atoms with Crippen molar-refractivity contribution in [2.24, 2.45) is 56.7 Å². The summed E-state index contributed by atoms with van der Waals surface area (Å²) < 4.78 is 6.12. The lowest BCUT2D eigenvalue weighted by Gasteiger charge is -2.73. The molecule has 1 N–H and O–H groups in total. The number of carbonyl (C=O) groups excluding carboxylic acids is 1. The Morgan fingerprint density at radius 2 is 1.64 bits per heavy atom. The molecule has 3 heteroatoms. The van der Waals surface area contributed by atoms with Crippen molar-refractivity contribution in [1.29, 1.82) is 0 Å². The molecule has 5 aliphatic carbocycles. The number of rotatable bonds is 5. The van der Waals surface area contributed by atoms with Gasteiger partial charge in [-0.3, -0.25) is 0 Å². The monoisotopic (exact) mass is 572 g/mol. The summed E-state index contributed by atoms with van der Waals surface area (Å²) in [6.45, 7) is 20.0. The first kappa shape index (κ1) is 30.2. The minimum absolute atomic E-state index is 0.0108. The molecule has 0 bridgehead atoms. The summed E-state index contributed by atoms with van der Waals surface area (Å²) in [6.07, 6.45) is 15.2. The molecule has 3 nitrogen and oxygen atoms in total. The van der Waals surface area contributed by atoms with E-state index < -0.39 is 0 Å². The molecule has 0 unspecified atom stereocenters. The standard InChI is InChI=1S/C39H56O3/c1-26(2)28-17-22-39(25-42-33(41)16-13-27-11-9-8-10-12-27)24-23-37(6)29(34(28)39)14-15-31-36(5)20-19-32(40)35(3,4)30(36)18-21-38(31,37)7/h8-13,16,28-32,34,40H,1,14-15,17-25H2,2-7H3/b16-13+/t28-,29+,30+,31+,32+,34+,36-,37+,38+,39+/m1/s1. The van der Waals surface area contributed by atoms with Crippen LogP contribution in [0.15, 0.2) is 48.6 Å². The zero-order chi connectivity index (χ0) is 30.1. The number of esters is 1. The smallest absolute Gasteiger partial charge is 0.330 e. The molecular weight excluding hydrogens is 516 g/mol. The van der Waals surface area contributed by atoms with E-state index in [0.29, 0.717) is 47.0 Å². The third-order valence-corrected chi connectivity index (χ3v) is 14.9. The maximum absolute atomic E-state index is 12.9. The predicted molar refractivity (Wildman–Crippen MR) is 171 cm³/mol. The van der Waals surface area contributed by atoms with Crippen LogP contribution in [0.2, 0.25) is 0 Å². The third-order valence-electron chi connectivity index (χ3n) is 14.9. The lowest BCUT2D eigenvalue weighted by Crippen LogP contribution is -2.66. The highest BCUT2D eigenvalue weighted by Crippen LogP contribution is 2.77. The maximum Gasteiger partial charge on any atom is 0.330 e. The van der Waals surface area contributed by atoms with Crippen LogP contribution in [0.1, 0.15) is 111 Å². The number of ether oxygens (including phenoxy) is 1. The average molecular weight is 573 g/mol. The van der Waals surface area contributed by atoms with Gasteiger partial charge >= 0.3 is 5.97 Å². The highest BCUT2D eigenvalue weighted by molar-refractivity contribution is 5.87. The Morgan fingerprint density at radius 1 is 0.905 bits per heavy atom. The molecule has 5 aliphatic rings. The normalized spacial score (nSPS) is 45.8. The van der Waals surface area contributed by atoms with Gasteiger partial charge in [0.25, 0.3) is 0 Å². The zero-order valence-corrected chi connectivity index (χ0v) is 27.3. The second kappa shape index (κ2) is 10.4. The van der Waals surface area contributed by atoms with Crippen molar-refractivity contribution < 1.29 is 14.6 Å². The van der Waals surface area contributed by atoms with E-state index in [-0.39, 0.29) is 28.3 Å². The van der Waals surface area contributed by atoms with Crippen LogP contribution in [0.5, 0.6) is 0 Å². The Hall–Kier alpha value is -1.87. The third kappa shape index (κ3) is 4.33. The van der Waals surface area contributed by atoms with Crippen LogP contribution in [0.3, 0.4) is 0 Å². The van der Waals surface area contributed by atoms with Crippen LogP contribution in [0.25, 0.3) is 6.08 Å². The molecule has 5 fully saturated rings. The Labute approximate surface area is 255 Å². The molecule has 42 heavy (non-hydrogen) atoms. The van der Waals surface area contributed by atoms with E-state index in [1.807, 2.05) is 36.4 Å². The number of allylic oxidation sites excluding steroid dienone is 1. The van der Waals surface area contributed by atoms with Crippen molar-refractivity contribution in [3.63, 3.8) is 0 Å². The SMILES string of the molecule is C=C(C)[C@H]1CC[C@@]2(COC(=O)/C=C/c3ccccc3)CC[C@@]3(C)[C@@H](CC[C@H]4[C@]5(C)CC[C@H](O)C(C)(C)[C@@H]5CC[C@@]43C)[C@H]12. The lowest BCUT2D eigenvalue weighted by atomic mass is 9.32. The van der Waals surface area contributed by atoms with Gasteiger partial charge in [-0.2, -0.15) is 0 Å². The first-order valence-electron chi connectivity index (χ1n) is 17.0. The van der Waals surface area contributed by atoms with Crippen molar-refractivity contribution >= 4 is 12.0 Å². The lowest BCUT2D eigenvalue weighted by molar-refractivity contribution is -0.249. The molecule has 0 aromatic heterocycles. The zero-order valence-electron chi connectivity index (χ0n) is 27.3. The van der Waals surface area contributed by atoms with E-state index in [1.54, 1.807) is 6.08 Å². The number of hydrogen-bond donors (Lipinski definition) is 1. The van der Waals surface area contributed by atoms with E-state index in [4.69, 9.17) is 4.74 Å². The molecule has 230 valence electrons. The summed E-state index contributed by atoms with van der Waals surface area (Å²) in [4.78, 5) is 12.9. The molecule has 0 spiro atoms. The van der Waals surface area contributed by atoms with Crippen LogP contribution < -0.4 is 0 Å². The summed E-state index contributed by atoms with van der Waals surface area (Å²) in [7, 11) is 0. The van der Waals surface area contributed by atoms with Crippen LogP contribution in [-0.2, 0) is 9.53 Å². The van der Waals surface area contributed by atoms with E-state index in [1.165, 1.54) is 44.1 Å². The summed E-state index contributed by atoms with van der Waals surface area (Å²) in [5.74, 6) is 2.76. The Balaban J connectivity index is 1.27. The predicted octanol–water partition coefficient (Wildman–Crippen LogP) is 9.26. The highest BCUT2D eigenvalue weighted by atomic mass is 16.5. The van der Waals surface area contributed by atoms with Crippen LogP contribution in [0.4, 0.5) is 0 Å². The number of hydrogen-bond acceptors (Lipinski definition) is 3. The summed E-state index contributed by atoms with van der Waals surface area (Å²) in [5, 5.41) is 11.0. The van der Waals surface area contributed by atoms with Gasteiger partial charge in [0.15, 0.2) is 0 Å². The van der Waals surface area contributed by atoms with Crippen molar-refractivity contribution in [1.82, 2.24) is 0 Å². The molecular formula is C39H56O3. The van der Waals surface area contributed by atoms with Gasteiger partial charge < -0.3 is 9.84 Å². The number of benzene rings is 1. The van der Waals surface area contributed by atoms with Gasteiger partial charge in [0, 0.05) is 11.5 Å². The van der Waals surface area contributed by atoms with E-state index in [9.17, 15) is 9.90 Å². The number of aliphatic hydroxyl groups is 1. The highest BCUT2D eigenvalue weighted by Gasteiger charge is 2.70. The molecule has 5 saturated carbocycles. The maximum atomic E-state index is 12.9. The molecule has 0 radical (unpaired) electrons. The average Bonchev–Trinajstić information content (AvgIpc) is 3.34. The van der Waals surface area contributed by atoms with Gasteiger partial charge in [-0.1, -0.05) is 77.1 Å². The van der Waals surface area contributed by atoms with Crippen molar-refractivity contribution in [3.05, 3.63) is 54.1 Å². The van der Waals surface area contributed by atoms with E-state index in [2.05, 4.69) is 48.1 Å². The largest absolute Gasteiger partial charge is 0.462 e. The van der Waals surface area contributed by atoms with E-state index in [0.717, 1.165) is 31.2 Å². The quantitative estimate of drug-likeness (QED) is 0.217. The van der Waals surface area contributed by atoms with Crippen molar-refractivity contribution in [3.8, 4) is 0 Å². The molecule has 6 rings (SSSR count). The summed E-state index contributed by atoms with van der Waals surface area (Å²) >= 11 is 0. The Kier molecular flexibility index (Phi) is 7.44. The summed E-state index contributed by atoms with van der Waals surface area (Å²) in [5.41, 5.74) is 3.26. The summed E-state index contributed by atoms with van der Waals surface area (Å²) in [6, 6.07) is 9.99.